The van der Waals surface area contributed by atoms with Crippen molar-refractivity contribution >= 4 is 46.4 Å². The number of halogens is 2. The van der Waals surface area contributed by atoms with Crippen LogP contribution in [0, 0.1) is 5.82 Å². The molecule has 0 saturated carbocycles. The number of hydrogen-bond donors (Lipinski definition) is 3. The van der Waals surface area contributed by atoms with Gasteiger partial charge in [0.1, 0.15) is 16.7 Å². The highest BCUT2D eigenvalue weighted by atomic mass is 35.5. The Morgan fingerprint density at radius 2 is 1.71 bits per heavy atom. The average Bonchev–Trinajstić information content (AvgIpc) is 2.83. The van der Waals surface area contributed by atoms with Crippen molar-refractivity contribution in [2.75, 3.05) is 16.0 Å². The molecule has 0 radical (unpaired) electrons. The molecule has 10 heteroatoms. The summed E-state index contributed by atoms with van der Waals surface area (Å²) in [5.74, 6) is -0.878. The van der Waals surface area contributed by atoms with Crippen LogP contribution in [0.1, 0.15) is 17.3 Å². The number of carbonyl (C=O) groups excluding carboxylic acids is 2. The van der Waals surface area contributed by atoms with Crippen LogP contribution in [0.25, 0.3) is 0 Å². The minimum absolute atomic E-state index is 0.0968. The summed E-state index contributed by atoms with van der Waals surface area (Å²) in [4.78, 5) is 32.2. The lowest BCUT2D eigenvalue weighted by Gasteiger charge is -2.13. The molecule has 3 N–H and O–H groups in total. The predicted molar refractivity (Wildman–Crippen MR) is 132 cm³/mol. The summed E-state index contributed by atoms with van der Waals surface area (Å²) in [5, 5.41) is 8.41. The minimum Gasteiger partial charge on any atom is -0.453 e. The largest absolute Gasteiger partial charge is 0.453 e. The zero-order chi connectivity index (χ0) is 24.8. The van der Waals surface area contributed by atoms with E-state index in [0.29, 0.717) is 11.4 Å². The zero-order valence-corrected chi connectivity index (χ0v) is 19.1. The number of aromatic nitrogens is 2. The van der Waals surface area contributed by atoms with Crippen molar-refractivity contribution in [1.82, 2.24) is 9.97 Å². The summed E-state index contributed by atoms with van der Waals surface area (Å²) in [7, 11) is 0. The van der Waals surface area contributed by atoms with E-state index in [1.807, 2.05) is 18.2 Å². The third-order valence-electron chi connectivity index (χ3n) is 4.62. The van der Waals surface area contributed by atoms with Gasteiger partial charge in [-0.05, 0) is 36.4 Å². The van der Waals surface area contributed by atoms with Gasteiger partial charge in [0.05, 0.1) is 11.8 Å². The fourth-order valence-corrected chi connectivity index (χ4v) is 3.21. The molecule has 0 unspecified atom stereocenters. The molecule has 0 spiro atoms. The number of pyridine rings is 2. The van der Waals surface area contributed by atoms with E-state index in [4.69, 9.17) is 16.3 Å². The van der Waals surface area contributed by atoms with Crippen LogP contribution in [-0.2, 0) is 4.79 Å². The standard InChI is InChI=1S/C25H19ClFN5O3/c1-15(33)30-23-13-22(19(26)14-29-23)35-21-10-9-17(12-20(21)27)31-24-18(8-5-11-28-24)25(34)32-16-6-3-2-4-7-16/h2-14H,1H3,(H,28,31)(H,32,34)(H,29,30,33). The lowest BCUT2D eigenvalue weighted by molar-refractivity contribution is -0.114. The third kappa shape index (κ3) is 6.10. The van der Waals surface area contributed by atoms with Gasteiger partial charge in [0.25, 0.3) is 5.91 Å². The van der Waals surface area contributed by atoms with Crippen LogP contribution in [0.4, 0.5) is 27.4 Å². The molecular formula is C25H19ClFN5O3. The first-order valence-electron chi connectivity index (χ1n) is 10.4. The van der Waals surface area contributed by atoms with Crippen molar-refractivity contribution in [2.45, 2.75) is 6.92 Å². The van der Waals surface area contributed by atoms with E-state index in [1.54, 1.807) is 30.3 Å². The highest BCUT2D eigenvalue weighted by Gasteiger charge is 2.15. The monoisotopic (exact) mass is 491 g/mol. The molecule has 0 aliphatic carbocycles. The Bertz CT molecular complexity index is 1380. The van der Waals surface area contributed by atoms with E-state index < -0.39 is 5.82 Å². The SMILES string of the molecule is CC(=O)Nc1cc(Oc2ccc(Nc3ncccc3C(=O)Nc3ccccc3)cc2F)c(Cl)cn1. The van der Waals surface area contributed by atoms with Gasteiger partial charge in [0, 0.05) is 36.6 Å². The van der Waals surface area contributed by atoms with Crippen LogP contribution in [0.2, 0.25) is 5.02 Å². The van der Waals surface area contributed by atoms with Crippen molar-refractivity contribution < 1.29 is 18.7 Å². The summed E-state index contributed by atoms with van der Waals surface area (Å²) < 4.78 is 20.4. The van der Waals surface area contributed by atoms with Crippen LogP contribution in [0.3, 0.4) is 0 Å². The average molecular weight is 492 g/mol. The lowest BCUT2D eigenvalue weighted by Crippen LogP contribution is -2.14. The van der Waals surface area contributed by atoms with Gasteiger partial charge in [0.15, 0.2) is 17.3 Å². The number of rotatable bonds is 7. The Morgan fingerprint density at radius 3 is 2.46 bits per heavy atom. The summed E-state index contributed by atoms with van der Waals surface area (Å²) >= 11 is 6.10. The molecule has 0 bridgehead atoms. The fraction of sp³-hybridized carbons (Fsp3) is 0.0400. The quantitative estimate of drug-likeness (QED) is 0.292. The molecule has 2 amide bonds. The van der Waals surface area contributed by atoms with Gasteiger partial charge >= 0.3 is 0 Å². The van der Waals surface area contributed by atoms with Gasteiger partial charge in [0.2, 0.25) is 5.91 Å². The Morgan fingerprint density at radius 1 is 0.914 bits per heavy atom. The number of amides is 2. The molecule has 2 aromatic heterocycles. The Hall–Kier alpha value is -4.50. The van der Waals surface area contributed by atoms with E-state index in [-0.39, 0.29) is 45.5 Å². The second-order valence-electron chi connectivity index (χ2n) is 7.27. The van der Waals surface area contributed by atoms with Crippen molar-refractivity contribution in [3.63, 3.8) is 0 Å². The summed E-state index contributed by atoms with van der Waals surface area (Å²) in [6.45, 7) is 1.33. The van der Waals surface area contributed by atoms with Crippen molar-refractivity contribution in [1.29, 1.82) is 0 Å². The number of nitrogens with one attached hydrogen (secondary N) is 3. The highest BCUT2D eigenvalue weighted by molar-refractivity contribution is 6.32. The molecule has 0 fully saturated rings. The molecule has 0 atom stereocenters. The van der Waals surface area contributed by atoms with E-state index in [9.17, 15) is 14.0 Å². The Kier molecular flexibility index (Phi) is 7.18. The Balaban J connectivity index is 1.51. The molecular weight excluding hydrogens is 473 g/mol. The molecule has 0 aliphatic rings. The normalized spacial score (nSPS) is 10.4. The van der Waals surface area contributed by atoms with E-state index in [2.05, 4.69) is 25.9 Å². The first kappa shape index (κ1) is 23.7. The summed E-state index contributed by atoms with van der Waals surface area (Å²) in [5.41, 5.74) is 1.27. The maximum atomic E-state index is 14.8. The number of nitrogens with zero attached hydrogens (tertiary/aromatic N) is 2. The van der Waals surface area contributed by atoms with Gasteiger partial charge in [-0.2, -0.15) is 0 Å². The van der Waals surface area contributed by atoms with E-state index >= 15 is 0 Å². The van der Waals surface area contributed by atoms with Gasteiger partial charge in [-0.15, -0.1) is 0 Å². The van der Waals surface area contributed by atoms with E-state index in [1.165, 1.54) is 37.5 Å². The molecule has 0 aliphatic heterocycles. The third-order valence-corrected chi connectivity index (χ3v) is 4.91. The van der Waals surface area contributed by atoms with Crippen LogP contribution in [-0.4, -0.2) is 21.8 Å². The first-order chi connectivity index (χ1) is 16.9. The lowest BCUT2D eigenvalue weighted by atomic mass is 10.2. The number of hydrogen-bond acceptors (Lipinski definition) is 6. The van der Waals surface area contributed by atoms with Crippen molar-refractivity contribution in [3.8, 4) is 11.5 Å². The molecule has 2 aromatic carbocycles. The summed E-state index contributed by atoms with van der Waals surface area (Å²) in [6.07, 6.45) is 2.81. The Labute approximate surface area is 205 Å². The van der Waals surface area contributed by atoms with Crippen LogP contribution < -0.4 is 20.7 Å². The summed E-state index contributed by atoms with van der Waals surface area (Å²) in [6, 6.07) is 17.8. The number of carbonyl (C=O) groups is 2. The molecule has 8 nitrogen and oxygen atoms in total. The van der Waals surface area contributed by atoms with Crippen LogP contribution in [0.5, 0.6) is 11.5 Å². The second kappa shape index (κ2) is 10.6. The maximum Gasteiger partial charge on any atom is 0.259 e. The zero-order valence-electron chi connectivity index (χ0n) is 18.4. The minimum atomic E-state index is -0.685. The fourth-order valence-electron chi connectivity index (χ4n) is 3.07. The topological polar surface area (TPSA) is 105 Å². The molecule has 4 aromatic rings. The van der Waals surface area contributed by atoms with Gasteiger partial charge < -0.3 is 20.7 Å². The van der Waals surface area contributed by atoms with Gasteiger partial charge in [-0.1, -0.05) is 29.8 Å². The van der Waals surface area contributed by atoms with Crippen LogP contribution in [0.15, 0.2) is 79.1 Å². The molecule has 35 heavy (non-hydrogen) atoms. The number of benzene rings is 2. The van der Waals surface area contributed by atoms with Crippen LogP contribution >= 0.6 is 11.6 Å². The molecule has 176 valence electrons. The maximum absolute atomic E-state index is 14.8. The second-order valence-corrected chi connectivity index (χ2v) is 7.68. The molecule has 4 rings (SSSR count). The molecule has 2 heterocycles. The van der Waals surface area contributed by atoms with Gasteiger partial charge in [-0.3, -0.25) is 9.59 Å². The highest BCUT2D eigenvalue weighted by Crippen LogP contribution is 2.33. The first-order valence-corrected chi connectivity index (χ1v) is 10.8. The number of ether oxygens (including phenoxy) is 1. The number of para-hydroxylation sites is 1. The number of anilines is 4. The smallest absolute Gasteiger partial charge is 0.259 e. The van der Waals surface area contributed by atoms with Crippen molar-refractivity contribution in [2.24, 2.45) is 0 Å². The molecule has 0 saturated heterocycles. The predicted octanol–water partition coefficient (Wildman–Crippen LogP) is 6.02. The van der Waals surface area contributed by atoms with E-state index in [0.717, 1.165) is 0 Å². The van der Waals surface area contributed by atoms with Gasteiger partial charge in [-0.25, -0.2) is 14.4 Å². The van der Waals surface area contributed by atoms with Crippen molar-refractivity contribution in [3.05, 3.63) is 95.5 Å².